The Morgan fingerprint density at radius 3 is 2.80 bits per heavy atom. The van der Waals surface area contributed by atoms with Crippen LogP contribution in [0.15, 0.2) is 24.3 Å². The zero-order valence-corrected chi connectivity index (χ0v) is 11.4. The fourth-order valence-corrected chi connectivity index (χ4v) is 2.88. The van der Waals surface area contributed by atoms with Crippen molar-refractivity contribution in [3.8, 4) is 0 Å². The van der Waals surface area contributed by atoms with Crippen LogP contribution in [0.25, 0.3) is 0 Å². The molecule has 2 saturated heterocycles. The van der Waals surface area contributed by atoms with Crippen molar-refractivity contribution in [2.45, 2.75) is 25.3 Å². The van der Waals surface area contributed by atoms with Gasteiger partial charge in [0.2, 0.25) is 5.91 Å². The quantitative estimate of drug-likeness (QED) is 0.873. The zero-order chi connectivity index (χ0) is 14.1. The van der Waals surface area contributed by atoms with E-state index in [0.29, 0.717) is 25.1 Å². The number of hydrogen-bond acceptors (Lipinski definition) is 3. The molecule has 0 spiro atoms. The first-order valence-corrected chi connectivity index (χ1v) is 7.10. The summed E-state index contributed by atoms with van der Waals surface area (Å²) in [6.45, 7) is 2.07. The average molecular weight is 273 g/mol. The van der Waals surface area contributed by atoms with Crippen LogP contribution in [0.5, 0.6) is 0 Å². The number of carbonyl (C=O) groups excluding carboxylic acids is 2. The molecule has 0 unspecified atom stereocenters. The SMILES string of the molecule is N[C@@H]1CCN(C(=O)c2cccc(N3CCCC3=O)c2)C1. The van der Waals surface area contributed by atoms with Gasteiger partial charge in [-0.3, -0.25) is 9.59 Å². The number of benzene rings is 1. The van der Waals surface area contributed by atoms with Crippen LogP contribution < -0.4 is 10.6 Å². The number of amides is 2. The van der Waals surface area contributed by atoms with E-state index in [0.717, 1.165) is 25.1 Å². The van der Waals surface area contributed by atoms with E-state index in [2.05, 4.69) is 0 Å². The minimum Gasteiger partial charge on any atom is -0.337 e. The molecule has 106 valence electrons. The van der Waals surface area contributed by atoms with Gasteiger partial charge in [-0.2, -0.15) is 0 Å². The molecule has 2 aliphatic rings. The lowest BCUT2D eigenvalue weighted by molar-refractivity contribution is -0.117. The lowest BCUT2D eigenvalue weighted by Gasteiger charge is -2.19. The number of carbonyl (C=O) groups is 2. The maximum atomic E-state index is 12.4. The smallest absolute Gasteiger partial charge is 0.253 e. The summed E-state index contributed by atoms with van der Waals surface area (Å²) in [5, 5.41) is 0. The van der Waals surface area contributed by atoms with Crippen LogP contribution in [0, 0.1) is 0 Å². The first-order chi connectivity index (χ1) is 9.65. The second-order valence-corrected chi connectivity index (χ2v) is 5.50. The summed E-state index contributed by atoms with van der Waals surface area (Å²) in [6, 6.07) is 7.42. The van der Waals surface area contributed by atoms with E-state index in [-0.39, 0.29) is 17.9 Å². The van der Waals surface area contributed by atoms with Crippen molar-refractivity contribution in [1.82, 2.24) is 4.90 Å². The van der Waals surface area contributed by atoms with Gasteiger partial charge in [-0.15, -0.1) is 0 Å². The van der Waals surface area contributed by atoms with Gasteiger partial charge in [0.05, 0.1) is 0 Å². The molecule has 2 fully saturated rings. The lowest BCUT2D eigenvalue weighted by atomic mass is 10.1. The Morgan fingerprint density at radius 2 is 2.15 bits per heavy atom. The Hall–Kier alpha value is -1.88. The third-order valence-corrected chi connectivity index (χ3v) is 3.99. The number of nitrogens with two attached hydrogens (primary N) is 1. The maximum Gasteiger partial charge on any atom is 0.253 e. The van der Waals surface area contributed by atoms with Gasteiger partial charge in [-0.25, -0.2) is 0 Å². The number of likely N-dealkylation sites (tertiary alicyclic amines) is 1. The van der Waals surface area contributed by atoms with Gasteiger partial charge in [0, 0.05) is 43.3 Å². The van der Waals surface area contributed by atoms with Crippen LogP contribution in [-0.4, -0.2) is 42.4 Å². The van der Waals surface area contributed by atoms with Gasteiger partial charge >= 0.3 is 0 Å². The molecule has 0 aliphatic carbocycles. The molecule has 2 amide bonds. The second kappa shape index (κ2) is 5.25. The van der Waals surface area contributed by atoms with Crippen LogP contribution in [0.4, 0.5) is 5.69 Å². The lowest BCUT2D eigenvalue weighted by Crippen LogP contribution is -2.32. The Kier molecular flexibility index (Phi) is 3.44. The van der Waals surface area contributed by atoms with Crippen molar-refractivity contribution in [2.75, 3.05) is 24.5 Å². The summed E-state index contributed by atoms with van der Waals surface area (Å²) in [5.74, 6) is 0.143. The molecular formula is C15H19N3O2. The summed E-state index contributed by atoms with van der Waals surface area (Å²) >= 11 is 0. The predicted molar refractivity (Wildman–Crippen MR) is 76.5 cm³/mol. The highest BCUT2D eigenvalue weighted by Gasteiger charge is 2.26. The molecule has 0 bridgehead atoms. The molecule has 2 N–H and O–H groups in total. The molecule has 20 heavy (non-hydrogen) atoms. The molecule has 5 heteroatoms. The summed E-state index contributed by atoms with van der Waals surface area (Å²) in [4.78, 5) is 27.7. The third kappa shape index (κ3) is 2.41. The summed E-state index contributed by atoms with van der Waals surface area (Å²) in [5.41, 5.74) is 7.30. The van der Waals surface area contributed by atoms with Gasteiger partial charge in [0.15, 0.2) is 0 Å². The Bertz CT molecular complexity index is 544. The van der Waals surface area contributed by atoms with Crippen molar-refractivity contribution in [3.63, 3.8) is 0 Å². The molecule has 3 rings (SSSR count). The van der Waals surface area contributed by atoms with Crippen LogP contribution in [-0.2, 0) is 4.79 Å². The fourth-order valence-electron chi connectivity index (χ4n) is 2.88. The van der Waals surface area contributed by atoms with Gasteiger partial charge in [-0.1, -0.05) is 6.07 Å². The molecule has 1 aromatic rings. The minimum atomic E-state index is 0.00597. The highest BCUT2D eigenvalue weighted by atomic mass is 16.2. The highest BCUT2D eigenvalue weighted by molar-refractivity contribution is 5.99. The van der Waals surface area contributed by atoms with E-state index in [9.17, 15) is 9.59 Å². The van der Waals surface area contributed by atoms with Crippen molar-refractivity contribution in [1.29, 1.82) is 0 Å². The molecule has 0 saturated carbocycles. The normalized spacial score (nSPS) is 22.6. The number of nitrogens with zero attached hydrogens (tertiary/aromatic N) is 2. The largest absolute Gasteiger partial charge is 0.337 e. The molecule has 0 aromatic heterocycles. The van der Waals surface area contributed by atoms with Crippen LogP contribution in [0.3, 0.4) is 0 Å². The molecule has 5 nitrogen and oxygen atoms in total. The molecular weight excluding hydrogens is 254 g/mol. The molecule has 0 radical (unpaired) electrons. The third-order valence-electron chi connectivity index (χ3n) is 3.99. The number of rotatable bonds is 2. The van der Waals surface area contributed by atoms with Gasteiger partial charge in [0.25, 0.3) is 5.91 Å². The topological polar surface area (TPSA) is 66.6 Å². The Morgan fingerprint density at radius 1 is 1.30 bits per heavy atom. The summed E-state index contributed by atoms with van der Waals surface area (Å²) in [6.07, 6.45) is 2.34. The molecule has 2 heterocycles. The van der Waals surface area contributed by atoms with E-state index >= 15 is 0 Å². The zero-order valence-electron chi connectivity index (χ0n) is 11.4. The monoisotopic (exact) mass is 273 g/mol. The molecule has 1 aromatic carbocycles. The van der Waals surface area contributed by atoms with Gasteiger partial charge in [-0.05, 0) is 31.0 Å². The number of anilines is 1. The second-order valence-electron chi connectivity index (χ2n) is 5.50. The van der Waals surface area contributed by atoms with Crippen molar-refractivity contribution < 1.29 is 9.59 Å². The van der Waals surface area contributed by atoms with E-state index in [1.807, 2.05) is 18.2 Å². The van der Waals surface area contributed by atoms with E-state index in [1.165, 1.54) is 0 Å². The first kappa shape index (κ1) is 13.1. The Labute approximate surface area is 118 Å². The van der Waals surface area contributed by atoms with Crippen LogP contribution in [0.2, 0.25) is 0 Å². The van der Waals surface area contributed by atoms with Gasteiger partial charge < -0.3 is 15.5 Å². The Balaban J connectivity index is 1.80. The van der Waals surface area contributed by atoms with Crippen LogP contribution >= 0.6 is 0 Å². The van der Waals surface area contributed by atoms with Crippen LogP contribution in [0.1, 0.15) is 29.6 Å². The minimum absolute atomic E-state index is 0.00597. The standard InChI is InChI=1S/C15H19N3O2/c16-12-6-8-17(10-12)15(20)11-3-1-4-13(9-11)18-7-2-5-14(18)19/h1,3-4,9,12H,2,5-8,10,16H2/t12-/m1/s1. The van der Waals surface area contributed by atoms with Gasteiger partial charge in [0.1, 0.15) is 0 Å². The highest BCUT2D eigenvalue weighted by Crippen LogP contribution is 2.23. The predicted octanol–water partition coefficient (Wildman–Crippen LogP) is 0.987. The number of hydrogen-bond donors (Lipinski definition) is 1. The van der Waals surface area contributed by atoms with E-state index in [1.54, 1.807) is 15.9 Å². The summed E-state index contributed by atoms with van der Waals surface area (Å²) < 4.78 is 0. The molecule has 1 atom stereocenters. The first-order valence-electron chi connectivity index (χ1n) is 7.10. The van der Waals surface area contributed by atoms with E-state index in [4.69, 9.17) is 5.73 Å². The van der Waals surface area contributed by atoms with E-state index < -0.39 is 0 Å². The summed E-state index contributed by atoms with van der Waals surface area (Å²) in [7, 11) is 0. The fraction of sp³-hybridized carbons (Fsp3) is 0.467. The molecule has 2 aliphatic heterocycles. The van der Waals surface area contributed by atoms with Crippen molar-refractivity contribution in [2.24, 2.45) is 5.73 Å². The average Bonchev–Trinajstić information content (AvgIpc) is 3.07. The van der Waals surface area contributed by atoms with Crippen molar-refractivity contribution >= 4 is 17.5 Å². The van der Waals surface area contributed by atoms with Crippen molar-refractivity contribution in [3.05, 3.63) is 29.8 Å². The maximum absolute atomic E-state index is 12.4.